The van der Waals surface area contributed by atoms with Crippen molar-refractivity contribution in [2.75, 3.05) is 25.5 Å². The van der Waals surface area contributed by atoms with Crippen LogP contribution < -0.4 is 10.6 Å². The fraction of sp³-hybridized carbons (Fsp3) is 0.409. The van der Waals surface area contributed by atoms with Gasteiger partial charge < -0.3 is 25.2 Å². The molecule has 2 aliphatic rings. The molecule has 3 heterocycles. The van der Waals surface area contributed by atoms with Gasteiger partial charge in [0, 0.05) is 30.5 Å². The Kier molecular flexibility index (Phi) is 6.44. The van der Waals surface area contributed by atoms with Crippen molar-refractivity contribution in [3.05, 3.63) is 59.9 Å². The smallest absolute Gasteiger partial charge is 0.319 e. The second-order valence-electron chi connectivity index (χ2n) is 7.73. The monoisotopic (exact) mass is 423 g/mol. The highest BCUT2D eigenvalue weighted by molar-refractivity contribution is 5.89. The molecule has 1 aromatic carbocycles. The van der Waals surface area contributed by atoms with Crippen molar-refractivity contribution in [2.45, 2.75) is 37.0 Å². The van der Waals surface area contributed by atoms with Crippen LogP contribution in [0, 0.1) is 11.3 Å². The number of urea groups is 1. The Morgan fingerprint density at radius 3 is 3.00 bits per heavy atom. The predicted octanol–water partition coefficient (Wildman–Crippen LogP) is 1.10. The van der Waals surface area contributed by atoms with Gasteiger partial charge in [0.25, 0.3) is 0 Å². The predicted molar refractivity (Wildman–Crippen MR) is 112 cm³/mol. The number of likely N-dealkylation sites (N-methyl/N-ethyl adjacent to an activating group) is 1. The third-order valence-electron chi connectivity index (χ3n) is 5.63. The molecular formula is C22H25N5O4. The molecule has 3 N–H and O–H groups in total. The second-order valence-corrected chi connectivity index (χ2v) is 7.73. The molecule has 4 rings (SSSR count). The third-order valence-corrected chi connectivity index (χ3v) is 5.63. The van der Waals surface area contributed by atoms with Crippen molar-refractivity contribution < 1.29 is 19.4 Å². The third kappa shape index (κ3) is 4.84. The van der Waals surface area contributed by atoms with E-state index < -0.39 is 36.6 Å². The van der Waals surface area contributed by atoms with Crippen molar-refractivity contribution >= 4 is 11.7 Å². The number of aliphatic hydroxyl groups is 1. The van der Waals surface area contributed by atoms with E-state index in [1.54, 1.807) is 30.5 Å². The summed E-state index contributed by atoms with van der Waals surface area (Å²) >= 11 is 0. The van der Waals surface area contributed by atoms with Crippen LogP contribution in [0.15, 0.2) is 48.7 Å². The number of pyridine rings is 1. The van der Waals surface area contributed by atoms with Gasteiger partial charge in [0.15, 0.2) is 6.29 Å². The number of ether oxygens (including phenoxy) is 2. The maximum atomic E-state index is 12.6. The Bertz CT molecular complexity index is 950. The van der Waals surface area contributed by atoms with Gasteiger partial charge in [-0.2, -0.15) is 5.26 Å². The van der Waals surface area contributed by atoms with E-state index in [1.165, 1.54) is 0 Å². The zero-order chi connectivity index (χ0) is 21.8. The van der Waals surface area contributed by atoms with Gasteiger partial charge in [0.1, 0.15) is 6.10 Å². The van der Waals surface area contributed by atoms with Crippen LogP contribution in [0.1, 0.15) is 11.3 Å². The number of hydrogen-bond donors (Lipinski definition) is 3. The van der Waals surface area contributed by atoms with Gasteiger partial charge in [0.2, 0.25) is 0 Å². The average Bonchev–Trinajstić information content (AvgIpc) is 3.21. The maximum Gasteiger partial charge on any atom is 0.319 e. The number of nitrogens with zero attached hydrogens (tertiary/aromatic N) is 3. The summed E-state index contributed by atoms with van der Waals surface area (Å²) in [4.78, 5) is 18.9. The van der Waals surface area contributed by atoms with Crippen LogP contribution >= 0.6 is 0 Å². The van der Waals surface area contributed by atoms with E-state index in [0.717, 1.165) is 5.69 Å². The number of nitrogens with one attached hydrogen (secondary N) is 2. The number of amides is 2. The molecule has 162 valence electrons. The Hall–Kier alpha value is -3.03. The molecule has 5 atom stereocenters. The molecule has 31 heavy (non-hydrogen) atoms. The highest BCUT2D eigenvalue weighted by Gasteiger charge is 2.51. The first kappa shape index (κ1) is 21.2. The summed E-state index contributed by atoms with van der Waals surface area (Å²) in [5.74, 6) is 0. The van der Waals surface area contributed by atoms with E-state index in [1.807, 2.05) is 36.2 Å². The van der Waals surface area contributed by atoms with Crippen LogP contribution in [-0.2, 0) is 15.9 Å². The quantitative estimate of drug-likeness (QED) is 0.636. The highest BCUT2D eigenvalue weighted by Crippen LogP contribution is 2.31. The normalized spacial score (nSPS) is 27.0. The van der Waals surface area contributed by atoms with E-state index in [-0.39, 0.29) is 0 Å². The highest BCUT2D eigenvalue weighted by atomic mass is 16.7. The molecule has 0 spiro atoms. The van der Waals surface area contributed by atoms with Crippen molar-refractivity contribution in [1.82, 2.24) is 15.2 Å². The van der Waals surface area contributed by atoms with Crippen LogP contribution in [-0.4, -0.2) is 71.8 Å². The molecule has 9 heteroatoms. The van der Waals surface area contributed by atoms with Crippen LogP contribution in [0.4, 0.5) is 10.5 Å². The number of aromatic nitrogens is 1. The zero-order valence-electron chi connectivity index (χ0n) is 17.1. The summed E-state index contributed by atoms with van der Waals surface area (Å²) in [5.41, 5.74) is 1.90. The minimum atomic E-state index is -0.879. The number of rotatable bonds is 6. The molecule has 1 aromatic heterocycles. The van der Waals surface area contributed by atoms with Crippen molar-refractivity contribution in [2.24, 2.45) is 0 Å². The molecule has 2 aromatic rings. The minimum absolute atomic E-state index is 0.293. The number of benzene rings is 1. The lowest BCUT2D eigenvalue weighted by atomic mass is 9.95. The summed E-state index contributed by atoms with van der Waals surface area (Å²) in [6, 6.07) is 12.9. The Morgan fingerprint density at radius 1 is 1.35 bits per heavy atom. The summed E-state index contributed by atoms with van der Waals surface area (Å²) < 4.78 is 11.7. The fourth-order valence-electron chi connectivity index (χ4n) is 4.02. The Labute approximate surface area is 180 Å². The molecule has 9 nitrogen and oxygen atoms in total. The van der Waals surface area contributed by atoms with Gasteiger partial charge in [-0.05, 0) is 37.4 Å². The van der Waals surface area contributed by atoms with Gasteiger partial charge in [-0.3, -0.25) is 9.88 Å². The van der Waals surface area contributed by atoms with Gasteiger partial charge in [0.05, 0.1) is 36.4 Å². The standard InChI is InChI=1S/C22H25N5O4/c1-27(10-8-15-6-2-3-9-24-15)19-20(28)18(17-13-30-21(19)31-17)26-22(29)25-16-7-4-5-14(11-16)12-23/h2-7,9,11,17-21,28H,8,10,13H2,1H3,(H2,25,26,29)/t17-,18-,19-,20+,21-/m1/s1. The van der Waals surface area contributed by atoms with Crippen molar-refractivity contribution in [3.8, 4) is 6.07 Å². The van der Waals surface area contributed by atoms with Crippen LogP contribution in [0.25, 0.3) is 0 Å². The summed E-state index contributed by atoms with van der Waals surface area (Å²) in [7, 11) is 1.90. The molecule has 0 unspecified atom stereocenters. The van der Waals surface area contributed by atoms with Crippen LogP contribution in [0.5, 0.6) is 0 Å². The van der Waals surface area contributed by atoms with E-state index in [2.05, 4.69) is 15.6 Å². The number of anilines is 1. The minimum Gasteiger partial charge on any atom is -0.389 e. The summed E-state index contributed by atoms with van der Waals surface area (Å²) in [5, 5.41) is 25.6. The number of fused-ring (bicyclic) bond motifs is 2. The van der Waals surface area contributed by atoms with Gasteiger partial charge in [-0.15, -0.1) is 0 Å². The van der Waals surface area contributed by atoms with Crippen LogP contribution in [0.2, 0.25) is 0 Å². The first-order valence-electron chi connectivity index (χ1n) is 10.2. The number of hydrogen-bond acceptors (Lipinski definition) is 7. The summed E-state index contributed by atoms with van der Waals surface area (Å²) in [6.45, 7) is 0.938. The van der Waals surface area contributed by atoms with Gasteiger partial charge in [-0.25, -0.2) is 4.79 Å². The van der Waals surface area contributed by atoms with Crippen LogP contribution in [0.3, 0.4) is 0 Å². The molecule has 2 saturated heterocycles. The first-order chi connectivity index (χ1) is 15.0. The van der Waals surface area contributed by atoms with Gasteiger partial charge >= 0.3 is 6.03 Å². The number of carbonyl (C=O) groups is 1. The lowest BCUT2D eigenvalue weighted by Crippen LogP contribution is -2.65. The Morgan fingerprint density at radius 2 is 2.23 bits per heavy atom. The second kappa shape index (κ2) is 9.41. The summed E-state index contributed by atoms with van der Waals surface area (Å²) in [6.07, 6.45) is 0.600. The van der Waals surface area contributed by atoms with Gasteiger partial charge in [-0.1, -0.05) is 12.1 Å². The molecular weight excluding hydrogens is 398 g/mol. The average molecular weight is 423 g/mol. The largest absolute Gasteiger partial charge is 0.389 e. The molecule has 0 aliphatic carbocycles. The van der Waals surface area contributed by atoms with E-state index in [9.17, 15) is 9.90 Å². The van der Waals surface area contributed by atoms with Crippen molar-refractivity contribution in [1.29, 1.82) is 5.26 Å². The fourth-order valence-corrected chi connectivity index (χ4v) is 4.02. The molecule has 0 saturated carbocycles. The molecule has 0 radical (unpaired) electrons. The SMILES string of the molecule is CN(CCc1ccccn1)[C@H]1[C@@H]2OC[C@@H](O2)[C@@H](NC(=O)Nc2cccc(C#N)c2)[C@@H]1O. The molecule has 2 aliphatic heterocycles. The topological polar surface area (TPSA) is 120 Å². The van der Waals surface area contributed by atoms with E-state index in [4.69, 9.17) is 14.7 Å². The molecule has 2 bridgehead atoms. The number of carbonyl (C=O) groups excluding carboxylic acids is 1. The lowest BCUT2D eigenvalue weighted by Gasteiger charge is -2.42. The molecule has 2 fully saturated rings. The number of nitriles is 1. The lowest BCUT2D eigenvalue weighted by molar-refractivity contribution is -0.176. The van der Waals surface area contributed by atoms with E-state index in [0.29, 0.717) is 30.8 Å². The Balaban J connectivity index is 1.39. The van der Waals surface area contributed by atoms with E-state index >= 15 is 0 Å². The maximum absolute atomic E-state index is 12.6. The number of aliphatic hydroxyl groups excluding tert-OH is 1. The first-order valence-corrected chi connectivity index (χ1v) is 10.2. The van der Waals surface area contributed by atoms with Crippen molar-refractivity contribution in [3.63, 3.8) is 0 Å². The molecule has 2 amide bonds. The zero-order valence-corrected chi connectivity index (χ0v) is 17.1.